The number of likely N-dealkylation sites (N-methyl/N-ethyl adjacent to an activating group) is 1. The highest BCUT2D eigenvalue weighted by molar-refractivity contribution is 5.86. The van der Waals surface area contributed by atoms with E-state index in [4.69, 9.17) is 9.90 Å². The summed E-state index contributed by atoms with van der Waals surface area (Å²) in [5, 5.41) is 15.2. The van der Waals surface area contributed by atoms with Crippen LogP contribution in [0.5, 0.6) is 0 Å². The molecule has 29 heavy (non-hydrogen) atoms. The molecular weight excluding hydrogens is 370 g/mol. The molecule has 0 radical (unpaired) electrons. The SMILES string of the molecule is CC(=O)NC[C@H]1CC[C@@H](CC(=O)NCc2cccc3ccccc23)N1C.O=CO. The maximum Gasteiger partial charge on any atom is 0.290 e. The molecule has 3 rings (SSSR count). The van der Waals surface area contributed by atoms with Gasteiger partial charge < -0.3 is 15.7 Å². The molecule has 2 aromatic carbocycles. The standard InChI is InChI=1S/C21H27N3O2.CH2O2/c1-15(25)22-14-19-11-10-18(24(19)2)12-21(26)23-13-17-8-5-7-16-6-3-4-9-20(16)17;2-1-3/h3-9,18-19H,10-14H2,1-2H3,(H,22,25)(H,23,26);1H,(H,2,3)/t18-,19+;/m0./s1. The van der Waals surface area contributed by atoms with Crippen LogP contribution in [0.1, 0.15) is 31.7 Å². The predicted molar refractivity (Wildman–Crippen MR) is 112 cm³/mol. The van der Waals surface area contributed by atoms with E-state index < -0.39 is 0 Å². The molecule has 0 spiro atoms. The average molecular weight is 399 g/mol. The van der Waals surface area contributed by atoms with Gasteiger partial charge in [-0.3, -0.25) is 19.3 Å². The molecule has 7 nitrogen and oxygen atoms in total. The molecule has 0 aromatic heterocycles. The maximum atomic E-state index is 12.4. The van der Waals surface area contributed by atoms with Crippen LogP contribution in [0.25, 0.3) is 10.8 Å². The number of carbonyl (C=O) groups excluding carboxylic acids is 2. The van der Waals surface area contributed by atoms with Crippen molar-refractivity contribution < 1.29 is 19.5 Å². The minimum Gasteiger partial charge on any atom is -0.483 e. The van der Waals surface area contributed by atoms with Crippen molar-refractivity contribution in [3.63, 3.8) is 0 Å². The number of fused-ring (bicyclic) bond motifs is 1. The number of benzene rings is 2. The topological polar surface area (TPSA) is 98.7 Å². The van der Waals surface area contributed by atoms with E-state index in [1.165, 1.54) is 17.7 Å². The summed E-state index contributed by atoms with van der Waals surface area (Å²) in [6, 6.07) is 15.0. The summed E-state index contributed by atoms with van der Waals surface area (Å²) in [7, 11) is 2.04. The number of hydrogen-bond acceptors (Lipinski definition) is 4. The van der Waals surface area contributed by atoms with Crippen LogP contribution in [0, 0.1) is 0 Å². The molecule has 1 saturated heterocycles. The van der Waals surface area contributed by atoms with E-state index in [2.05, 4.69) is 39.8 Å². The van der Waals surface area contributed by atoms with E-state index in [0.29, 0.717) is 25.6 Å². The lowest BCUT2D eigenvalue weighted by Gasteiger charge is -2.25. The Balaban J connectivity index is 0.000000941. The van der Waals surface area contributed by atoms with E-state index in [1.54, 1.807) is 0 Å². The number of hydrogen-bond donors (Lipinski definition) is 3. The zero-order valence-electron chi connectivity index (χ0n) is 16.9. The van der Waals surface area contributed by atoms with Crippen molar-refractivity contribution in [2.45, 2.75) is 44.8 Å². The number of likely N-dealkylation sites (tertiary alicyclic amines) is 1. The third-order valence-electron chi connectivity index (χ3n) is 5.35. The van der Waals surface area contributed by atoms with Crippen molar-refractivity contribution in [1.29, 1.82) is 0 Å². The molecule has 1 aliphatic heterocycles. The molecule has 0 saturated carbocycles. The third kappa shape index (κ3) is 6.57. The van der Waals surface area contributed by atoms with Crippen LogP contribution in [0.3, 0.4) is 0 Å². The summed E-state index contributed by atoms with van der Waals surface area (Å²) in [5.74, 6) is 0.0737. The Morgan fingerprint density at radius 2 is 1.76 bits per heavy atom. The lowest BCUT2D eigenvalue weighted by atomic mass is 10.0. The second kappa shape index (κ2) is 11.2. The first-order chi connectivity index (χ1) is 14.0. The van der Waals surface area contributed by atoms with E-state index in [0.717, 1.165) is 18.4 Å². The zero-order chi connectivity index (χ0) is 21.2. The molecule has 3 N–H and O–H groups in total. The van der Waals surface area contributed by atoms with Gasteiger partial charge in [-0.25, -0.2) is 0 Å². The fourth-order valence-corrected chi connectivity index (χ4v) is 3.77. The van der Waals surface area contributed by atoms with Gasteiger partial charge in [0.1, 0.15) is 0 Å². The summed E-state index contributed by atoms with van der Waals surface area (Å²) >= 11 is 0. The highest BCUT2D eigenvalue weighted by atomic mass is 16.3. The summed E-state index contributed by atoms with van der Waals surface area (Å²) in [6.45, 7) is 2.49. The molecule has 156 valence electrons. The molecule has 0 bridgehead atoms. The highest BCUT2D eigenvalue weighted by Crippen LogP contribution is 2.24. The second-order valence-electron chi connectivity index (χ2n) is 7.21. The number of carboxylic acid groups (broad SMARTS) is 1. The number of amides is 2. The fraction of sp³-hybridized carbons (Fsp3) is 0.409. The zero-order valence-corrected chi connectivity index (χ0v) is 16.9. The van der Waals surface area contributed by atoms with E-state index in [1.807, 2.05) is 25.2 Å². The molecule has 2 atom stereocenters. The van der Waals surface area contributed by atoms with E-state index >= 15 is 0 Å². The van der Waals surface area contributed by atoms with Gasteiger partial charge in [0.05, 0.1) is 0 Å². The molecule has 0 unspecified atom stereocenters. The summed E-state index contributed by atoms with van der Waals surface area (Å²) < 4.78 is 0. The molecule has 2 aromatic rings. The highest BCUT2D eigenvalue weighted by Gasteiger charge is 2.31. The minimum absolute atomic E-state index is 0.00493. The van der Waals surface area contributed by atoms with Crippen LogP contribution in [-0.2, 0) is 20.9 Å². The first kappa shape index (κ1) is 22.4. The van der Waals surface area contributed by atoms with Gasteiger partial charge in [-0.1, -0.05) is 42.5 Å². The Hall–Kier alpha value is -2.93. The third-order valence-corrected chi connectivity index (χ3v) is 5.35. The quantitative estimate of drug-likeness (QED) is 0.647. The lowest BCUT2D eigenvalue weighted by Crippen LogP contribution is -2.41. The lowest BCUT2D eigenvalue weighted by molar-refractivity contribution is -0.123. The van der Waals surface area contributed by atoms with Crippen LogP contribution < -0.4 is 10.6 Å². The van der Waals surface area contributed by atoms with Gasteiger partial charge in [0.2, 0.25) is 11.8 Å². The van der Waals surface area contributed by atoms with Gasteiger partial charge in [-0.05, 0) is 36.2 Å². The number of rotatable bonds is 6. The Morgan fingerprint density at radius 1 is 1.10 bits per heavy atom. The van der Waals surface area contributed by atoms with Crippen molar-refractivity contribution in [2.75, 3.05) is 13.6 Å². The van der Waals surface area contributed by atoms with E-state index in [-0.39, 0.29) is 24.3 Å². The Morgan fingerprint density at radius 3 is 2.48 bits per heavy atom. The maximum absolute atomic E-state index is 12.4. The van der Waals surface area contributed by atoms with Crippen molar-refractivity contribution in [2.24, 2.45) is 0 Å². The van der Waals surface area contributed by atoms with Gasteiger partial charge in [-0.2, -0.15) is 0 Å². The molecular formula is C22H29N3O4. The number of nitrogens with zero attached hydrogens (tertiary/aromatic N) is 1. The smallest absolute Gasteiger partial charge is 0.290 e. The van der Waals surface area contributed by atoms with Gasteiger partial charge in [0.15, 0.2) is 0 Å². The van der Waals surface area contributed by atoms with Gasteiger partial charge in [-0.15, -0.1) is 0 Å². The van der Waals surface area contributed by atoms with Crippen LogP contribution in [-0.4, -0.2) is 54.0 Å². The average Bonchev–Trinajstić information content (AvgIpc) is 3.04. The van der Waals surface area contributed by atoms with Crippen LogP contribution in [0.4, 0.5) is 0 Å². The van der Waals surface area contributed by atoms with Crippen molar-refractivity contribution in [1.82, 2.24) is 15.5 Å². The normalized spacial score (nSPS) is 18.6. The van der Waals surface area contributed by atoms with Gasteiger partial charge in [0, 0.05) is 38.5 Å². The Bertz CT molecular complexity index is 834. The first-order valence-corrected chi connectivity index (χ1v) is 9.73. The molecule has 1 fully saturated rings. The summed E-state index contributed by atoms with van der Waals surface area (Å²) in [5.41, 5.74) is 1.14. The first-order valence-electron chi connectivity index (χ1n) is 9.73. The molecule has 1 heterocycles. The van der Waals surface area contributed by atoms with Gasteiger partial charge >= 0.3 is 0 Å². The van der Waals surface area contributed by atoms with Crippen molar-refractivity contribution >= 4 is 29.1 Å². The minimum atomic E-state index is -0.250. The Kier molecular flexibility index (Phi) is 8.61. The van der Waals surface area contributed by atoms with Crippen molar-refractivity contribution in [3.05, 3.63) is 48.0 Å². The fourth-order valence-electron chi connectivity index (χ4n) is 3.77. The van der Waals surface area contributed by atoms with Crippen LogP contribution >= 0.6 is 0 Å². The van der Waals surface area contributed by atoms with Crippen LogP contribution in [0.2, 0.25) is 0 Å². The van der Waals surface area contributed by atoms with Gasteiger partial charge in [0.25, 0.3) is 6.47 Å². The molecule has 1 aliphatic rings. The molecule has 7 heteroatoms. The second-order valence-corrected chi connectivity index (χ2v) is 7.21. The number of nitrogens with one attached hydrogen (secondary N) is 2. The predicted octanol–water partition coefficient (Wildman–Crippen LogP) is 2.15. The number of carbonyl (C=O) groups is 3. The molecule has 2 amide bonds. The summed E-state index contributed by atoms with van der Waals surface area (Å²) in [4.78, 5) is 34.1. The van der Waals surface area contributed by atoms with Crippen LogP contribution in [0.15, 0.2) is 42.5 Å². The molecule has 0 aliphatic carbocycles. The Labute approximate surface area is 171 Å². The largest absolute Gasteiger partial charge is 0.483 e. The van der Waals surface area contributed by atoms with E-state index in [9.17, 15) is 9.59 Å². The summed E-state index contributed by atoms with van der Waals surface area (Å²) in [6.07, 6.45) is 2.50. The van der Waals surface area contributed by atoms with Crippen molar-refractivity contribution in [3.8, 4) is 0 Å². The monoisotopic (exact) mass is 399 g/mol.